The number of anilines is 1. The Labute approximate surface area is 185 Å². The molecule has 32 heavy (non-hydrogen) atoms. The second kappa shape index (κ2) is 7.86. The van der Waals surface area contributed by atoms with Gasteiger partial charge in [0.15, 0.2) is 0 Å². The molecule has 10 heteroatoms. The molecule has 9 nitrogen and oxygen atoms in total. The van der Waals surface area contributed by atoms with E-state index in [0.717, 1.165) is 47.8 Å². The molecule has 5 atom stereocenters. The number of hydrogen-bond acceptors (Lipinski definition) is 8. The van der Waals surface area contributed by atoms with Crippen LogP contribution < -0.4 is 15.8 Å². The molecule has 0 aromatic carbocycles. The van der Waals surface area contributed by atoms with Crippen LogP contribution in [0.4, 0.5) is 10.2 Å². The third-order valence-electron chi connectivity index (χ3n) is 7.10. The number of fused-ring (bicyclic) bond motifs is 2. The molecule has 0 bridgehead atoms. The Hall–Kier alpha value is -2.98. The third kappa shape index (κ3) is 3.43. The van der Waals surface area contributed by atoms with Crippen molar-refractivity contribution in [1.82, 2.24) is 40.6 Å². The smallest absolute Gasteiger partial charge is 0.132 e. The number of nitrogens with zero attached hydrogens (tertiary/aromatic N) is 7. The fraction of sp³-hybridized carbons (Fsp3) is 0.500. The molecular weight excluding hydrogens is 409 g/mol. The van der Waals surface area contributed by atoms with Gasteiger partial charge in [0.1, 0.15) is 18.3 Å². The summed E-state index contributed by atoms with van der Waals surface area (Å²) in [5, 5.41) is 4.25. The van der Waals surface area contributed by atoms with Crippen molar-refractivity contribution in [1.29, 1.82) is 0 Å². The van der Waals surface area contributed by atoms with Gasteiger partial charge in [0, 0.05) is 56.6 Å². The number of hydrogen-bond donors (Lipinski definition) is 2. The number of halogens is 1. The molecule has 0 spiro atoms. The van der Waals surface area contributed by atoms with Gasteiger partial charge in [-0.25, -0.2) is 19.8 Å². The number of aromatic nitrogens is 6. The summed E-state index contributed by atoms with van der Waals surface area (Å²) in [5.41, 5.74) is 10.7. The summed E-state index contributed by atoms with van der Waals surface area (Å²) in [6.07, 6.45) is 10.0. The molecule has 3 aliphatic rings. The Morgan fingerprint density at radius 2 is 1.94 bits per heavy atom. The third-order valence-corrected chi connectivity index (χ3v) is 7.10. The van der Waals surface area contributed by atoms with Crippen LogP contribution in [0.5, 0.6) is 0 Å². The van der Waals surface area contributed by atoms with Crippen molar-refractivity contribution in [2.24, 2.45) is 13.0 Å². The lowest BCUT2D eigenvalue weighted by molar-refractivity contribution is 0.153. The number of rotatable bonds is 3. The van der Waals surface area contributed by atoms with E-state index in [1.165, 1.54) is 0 Å². The predicted molar refractivity (Wildman–Crippen MR) is 115 cm³/mol. The highest BCUT2D eigenvalue weighted by Gasteiger charge is 2.46. The molecule has 5 unspecified atom stereocenters. The molecular formula is C22H26FN9. The number of nitrogens with one attached hydrogen (secondary N) is 2. The molecule has 1 saturated heterocycles. The van der Waals surface area contributed by atoms with E-state index in [2.05, 4.69) is 46.9 Å². The standard InChI is InChI=1S/C22H26FN9/c1-31-10-13(9-28-31)14-6-15-18(7-16(14)23)29-30-22(15)19-8-21(27-12-26-19)32-5-2-17-20(11-32)25-4-3-24-17/h3-4,8-10,12,14-16,18,22,29-30H,2,5-7,11H2,1H3. The minimum absolute atomic E-state index is 0.00490. The summed E-state index contributed by atoms with van der Waals surface area (Å²) in [6, 6.07) is 2.15. The molecule has 2 aliphatic heterocycles. The molecule has 2 fully saturated rings. The Balaban J connectivity index is 1.24. The lowest BCUT2D eigenvalue weighted by atomic mass is 9.72. The van der Waals surface area contributed by atoms with Gasteiger partial charge in [-0.3, -0.25) is 20.1 Å². The number of alkyl halides is 1. The van der Waals surface area contributed by atoms with Crippen molar-refractivity contribution >= 4 is 5.82 Å². The van der Waals surface area contributed by atoms with Crippen LogP contribution in [0.1, 0.15) is 47.4 Å². The first-order chi connectivity index (χ1) is 15.7. The zero-order valence-electron chi connectivity index (χ0n) is 17.9. The van der Waals surface area contributed by atoms with Gasteiger partial charge >= 0.3 is 0 Å². The van der Waals surface area contributed by atoms with E-state index < -0.39 is 6.17 Å². The highest BCUT2D eigenvalue weighted by Crippen LogP contribution is 2.45. The van der Waals surface area contributed by atoms with Crippen molar-refractivity contribution < 1.29 is 4.39 Å². The predicted octanol–water partition coefficient (Wildman–Crippen LogP) is 1.61. The number of aryl methyl sites for hydroxylation is 1. The Morgan fingerprint density at radius 1 is 1.06 bits per heavy atom. The lowest BCUT2D eigenvalue weighted by Gasteiger charge is -2.35. The van der Waals surface area contributed by atoms with Crippen LogP contribution in [0.25, 0.3) is 0 Å². The van der Waals surface area contributed by atoms with Gasteiger partial charge in [-0.15, -0.1) is 0 Å². The average molecular weight is 436 g/mol. The quantitative estimate of drug-likeness (QED) is 0.641. The fourth-order valence-electron chi connectivity index (χ4n) is 5.43. The summed E-state index contributed by atoms with van der Waals surface area (Å²) >= 11 is 0. The second-order valence-corrected chi connectivity index (χ2v) is 9.00. The van der Waals surface area contributed by atoms with E-state index in [9.17, 15) is 4.39 Å². The molecule has 1 aliphatic carbocycles. The first kappa shape index (κ1) is 19.7. The van der Waals surface area contributed by atoms with Gasteiger partial charge in [-0.1, -0.05) is 0 Å². The summed E-state index contributed by atoms with van der Waals surface area (Å²) in [7, 11) is 1.87. The highest BCUT2D eigenvalue weighted by molar-refractivity contribution is 5.42. The summed E-state index contributed by atoms with van der Waals surface area (Å²) < 4.78 is 16.7. The average Bonchev–Trinajstić information content (AvgIpc) is 3.44. The first-order valence-electron chi connectivity index (χ1n) is 11.1. The van der Waals surface area contributed by atoms with Crippen molar-refractivity contribution in [3.05, 3.63) is 59.8 Å². The van der Waals surface area contributed by atoms with Crippen LogP contribution in [0, 0.1) is 5.92 Å². The van der Waals surface area contributed by atoms with Crippen molar-refractivity contribution in [3.63, 3.8) is 0 Å². The van der Waals surface area contributed by atoms with Crippen LogP contribution in [-0.2, 0) is 20.0 Å². The van der Waals surface area contributed by atoms with E-state index in [-0.39, 0.29) is 23.9 Å². The van der Waals surface area contributed by atoms with Crippen molar-refractivity contribution in [2.75, 3.05) is 11.4 Å². The maximum Gasteiger partial charge on any atom is 0.132 e. The SMILES string of the molecule is Cn1cc(C2CC3C(CC2F)NNC3c2cc(N3CCc4nccnc4C3)ncn2)cn1. The molecule has 3 aromatic rings. The highest BCUT2D eigenvalue weighted by atomic mass is 19.1. The van der Waals surface area contributed by atoms with Gasteiger partial charge in [-0.2, -0.15) is 5.10 Å². The zero-order chi connectivity index (χ0) is 21.7. The van der Waals surface area contributed by atoms with Crippen LogP contribution in [0.15, 0.2) is 37.2 Å². The van der Waals surface area contributed by atoms with Crippen LogP contribution in [0.2, 0.25) is 0 Å². The molecule has 0 radical (unpaired) electrons. The minimum Gasteiger partial charge on any atom is -0.350 e. The normalized spacial score (nSPS) is 29.6. The second-order valence-electron chi connectivity index (χ2n) is 9.00. The molecule has 166 valence electrons. The van der Waals surface area contributed by atoms with E-state index in [1.54, 1.807) is 29.6 Å². The summed E-state index contributed by atoms with van der Waals surface area (Å²) in [4.78, 5) is 20.3. The zero-order valence-corrected chi connectivity index (χ0v) is 17.9. The van der Waals surface area contributed by atoms with Gasteiger partial charge < -0.3 is 4.90 Å². The van der Waals surface area contributed by atoms with Crippen molar-refractivity contribution in [2.45, 2.75) is 50.0 Å². The van der Waals surface area contributed by atoms with Gasteiger partial charge in [0.25, 0.3) is 0 Å². The Morgan fingerprint density at radius 3 is 2.78 bits per heavy atom. The Kier molecular flexibility index (Phi) is 4.83. The van der Waals surface area contributed by atoms with E-state index in [0.29, 0.717) is 13.0 Å². The summed E-state index contributed by atoms with van der Waals surface area (Å²) in [5.74, 6) is 0.982. The first-order valence-corrected chi connectivity index (χ1v) is 11.1. The maximum atomic E-state index is 15.0. The van der Waals surface area contributed by atoms with E-state index >= 15 is 0 Å². The van der Waals surface area contributed by atoms with Crippen LogP contribution in [-0.4, -0.2) is 48.5 Å². The largest absolute Gasteiger partial charge is 0.350 e. The monoisotopic (exact) mass is 435 g/mol. The molecule has 0 amide bonds. The van der Waals surface area contributed by atoms with Crippen molar-refractivity contribution in [3.8, 4) is 0 Å². The number of hydrazine groups is 1. The molecule has 1 saturated carbocycles. The summed E-state index contributed by atoms with van der Waals surface area (Å²) in [6.45, 7) is 1.53. The van der Waals surface area contributed by atoms with Crippen LogP contribution >= 0.6 is 0 Å². The van der Waals surface area contributed by atoms with Crippen LogP contribution in [0.3, 0.4) is 0 Å². The van der Waals surface area contributed by atoms with E-state index in [1.807, 2.05) is 13.2 Å². The topological polar surface area (TPSA) is 96.7 Å². The lowest BCUT2D eigenvalue weighted by Crippen LogP contribution is -2.39. The van der Waals surface area contributed by atoms with Gasteiger partial charge in [0.2, 0.25) is 0 Å². The maximum absolute atomic E-state index is 15.0. The van der Waals surface area contributed by atoms with Gasteiger partial charge in [0.05, 0.1) is 35.9 Å². The van der Waals surface area contributed by atoms with Gasteiger partial charge in [-0.05, 0) is 24.3 Å². The molecule has 2 N–H and O–H groups in total. The molecule has 3 aromatic heterocycles. The molecule has 5 heterocycles. The minimum atomic E-state index is -0.885. The van der Waals surface area contributed by atoms with E-state index in [4.69, 9.17) is 0 Å². The Bertz CT molecular complexity index is 1120. The molecule has 6 rings (SSSR count). The fourth-order valence-corrected chi connectivity index (χ4v) is 5.43.